The van der Waals surface area contributed by atoms with Crippen LogP contribution in [0.1, 0.15) is 29.8 Å². The lowest BCUT2D eigenvalue weighted by molar-refractivity contribution is 0.0689. The van der Waals surface area contributed by atoms with Gasteiger partial charge in [0.25, 0.3) is 0 Å². The van der Waals surface area contributed by atoms with Crippen LogP contribution in [0.3, 0.4) is 0 Å². The van der Waals surface area contributed by atoms with Crippen molar-refractivity contribution in [2.75, 3.05) is 12.3 Å². The Kier molecular flexibility index (Phi) is 2.94. The topological polar surface area (TPSA) is 85.4 Å². The number of hydrogen-bond acceptors (Lipinski definition) is 4. The molecule has 1 aliphatic carbocycles. The van der Waals surface area contributed by atoms with Gasteiger partial charge in [-0.2, -0.15) is 0 Å². The quantitative estimate of drug-likeness (QED) is 0.789. The molecule has 0 radical (unpaired) electrons. The summed E-state index contributed by atoms with van der Waals surface area (Å²) in [6.45, 7) is 0.547. The van der Waals surface area contributed by atoms with Crippen LogP contribution in [0.25, 0.3) is 0 Å². The maximum Gasteiger partial charge on any atom is 0.354 e. The molecule has 0 aliphatic heterocycles. The second kappa shape index (κ2) is 4.38. The Morgan fingerprint density at radius 3 is 2.94 bits per heavy atom. The SMILES string of the molecule is Nc1ccc(C(=O)O)nc1OCCC1CC1. The Morgan fingerprint density at radius 1 is 1.56 bits per heavy atom. The van der Waals surface area contributed by atoms with Gasteiger partial charge in [-0.3, -0.25) is 0 Å². The maximum atomic E-state index is 10.7. The van der Waals surface area contributed by atoms with E-state index in [1.165, 1.54) is 25.0 Å². The molecule has 1 saturated carbocycles. The van der Waals surface area contributed by atoms with E-state index < -0.39 is 5.97 Å². The molecule has 0 aromatic carbocycles. The highest BCUT2D eigenvalue weighted by molar-refractivity contribution is 5.86. The summed E-state index contributed by atoms with van der Waals surface area (Å²) in [6, 6.07) is 2.87. The number of pyridine rings is 1. The van der Waals surface area contributed by atoms with Crippen LogP contribution >= 0.6 is 0 Å². The highest BCUT2D eigenvalue weighted by atomic mass is 16.5. The first-order chi connectivity index (χ1) is 7.66. The fraction of sp³-hybridized carbons (Fsp3) is 0.455. The number of nitrogens with two attached hydrogens (primary N) is 1. The van der Waals surface area contributed by atoms with E-state index in [1.807, 2.05) is 0 Å². The second-order valence-electron chi connectivity index (χ2n) is 3.98. The van der Waals surface area contributed by atoms with Gasteiger partial charge >= 0.3 is 5.97 Å². The van der Waals surface area contributed by atoms with Gasteiger partial charge in [-0.25, -0.2) is 9.78 Å². The van der Waals surface area contributed by atoms with Crippen LogP contribution in [0.2, 0.25) is 0 Å². The molecule has 1 aromatic heterocycles. The normalized spacial score (nSPS) is 14.8. The molecule has 86 valence electrons. The number of carboxylic acids is 1. The average Bonchev–Trinajstić information content (AvgIpc) is 3.04. The van der Waals surface area contributed by atoms with E-state index in [2.05, 4.69) is 4.98 Å². The first-order valence-electron chi connectivity index (χ1n) is 5.29. The molecule has 3 N–H and O–H groups in total. The van der Waals surface area contributed by atoms with E-state index in [1.54, 1.807) is 0 Å². The highest BCUT2D eigenvalue weighted by Crippen LogP contribution is 2.32. The molecule has 1 aliphatic rings. The summed E-state index contributed by atoms with van der Waals surface area (Å²) in [6.07, 6.45) is 3.52. The van der Waals surface area contributed by atoms with Gasteiger partial charge in [0.1, 0.15) is 0 Å². The predicted octanol–water partition coefficient (Wildman–Crippen LogP) is 1.54. The minimum absolute atomic E-state index is 0.0457. The minimum Gasteiger partial charge on any atom is -0.477 e. The second-order valence-corrected chi connectivity index (χ2v) is 3.98. The number of aromatic carboxylic acids is 1. The molecule has 1 aromatic rings. The van der Waals surface area contributed by atoms with Crippen LogP contribution in [0.5, 0.6) is 5.88 Å². The summed E-state index contributed by atoms with van der Waals surface area (Å²) in [5.41, 5.74) is 5.97. The fourth-order valence-corrected chi connectivity index (χ4v) is 1.41. The Balaban J connectivity index is 1.99. The molecular weight excluding hydrogens is 208 g/mol. The number of carbonyl (C=O) groups is 1. The molecular formula is C11H14N2O3. The first kappa shape index (κ1) is 10.7. The predicted molar refractivity (Wildman–Crippen MR) is 58.4 cm³/mol. The number of rotatable bonds is 5. The number of aromatic nitrogens is 1. The number of ether oxygens (including phenoxy) is 1. The number of nitrogens with zero attached hydrogens (tertiary/aromatic N) is 1. The summed E-state index contributed by atoms with van der Waals surface area (Å²) in [7, 11) is 0. The van der Waals surface area contributed by atoms with Crippen LogP contribution in [-0.4, -0.2) is 22.7 Å². The van der Waals surface area contributed by atoms with E-state index in [9.17, 15) is 4.79 Å². The Bertz CT molecular complexity index is 402. The van der Waals surface area contributed by atoms with Crippen LogP contribution in [0, 0.1) is 5.92 Å². The molecule has 5 heteroatoms. The summed E-state index contributed by atoms with van der Waals surface area (Å²) in [5, 5.41) is 8.76. The Hall–Kier alpha value is -1.78. The van der Waals surface area contributed by atoms with E-state index in [0.29, 0.717) is 12.3 Å². The molecule has 5 nitrogen and oxygen atoms in total. The number of nitrogen functional groups attached to an aromatic ring is 1. The highest BCUT2D eigenvalue weighted by Gasteiger charge is 2.21. The third-order valence-electron chi connectivity index (χ3n) is 2.57. The van der Waals surface area contributed by atoms with Gasteiger partial charge in [0.05, 0.1) is 12.3 Å². The van der Waals surface area contributed by atoms with Gasteiger partial charge in [-0.15, -0.1) is 0 Å². The lowest BCUT2D eigenvalue weighted by atomic mass is 10.3. The van der Waals surface area contributed by atoms with Crippen molar-refractivity contribution >= 4 is 11.7 Å². The lowest BCUT2D eigenvalue weighted by Crippen LogP contribution is -2.07. The van der Waals surface area contributed by atoms with Gasteiger partial charge in [0.15, 0.2) is 5.69 Å². The van der Waals surface area contributed by atoms with Crippen LogP contribution in [-0.2, 0) is 0 Å². The fourth-order valence-electron chi connectivity index (χ4n) is 1.41. The average molecular weight is 222 g/mol. The molecule has 0 saturated heterocycles. The first-order valence-corrected chi connectivity index (χ1v) is 5.29. The third-order valence-corrected chi connectivity index (χ3v) is 2.57. The van der Waals surface area contributed by atoms with Crippen molar-refractivity contribution in [3.8, 4) is 5.88 Å². The van der Waals surface area contributed by atoms with Gasteiger partial charge in [0, 0.05) is 0 Å². The van der Waals surface area contributed by atoms with Crippen molar-refractivity contribution < 1.29 is 14.6 Å². The number of hydrogen-bond donors (Lipinski definition) is 2. The summed E-state index contributed by atoms with van der Waals surface area (Å²) >= 11 is 0. The molecule has 2 rings (SSSR count). The molecule has 0 unspecified atom stereocenters. The molecule has 0 amide bonds. The largest absolute Gasteiger partial charge is 0.477 e. The maximum absolute atomic E-state index is 10.7. The van der Waals surface area contributed by atoms with Gasteiger partial charge in [0.2, 0.25) is 5.88 Å². The standard InChI is InChI=1S/C11H14N2O3/c12-8-3-4-9(11(14)15)13-10(8)16-6-5-7-1-2-7/h3-4,7H,1-2,5-6,12H2,(H,14,15). The van der Waals surface area contributed by atoms with E-state index >= 15 is 0 Å². The summed E-state index contributed by atoms with van der Waals surface area (Å²) < 4.78 is 5.38. The minimum atomic E-state index is -1.08. The Morgan fingerprint density at radius 2 is 2.31 bits per heavy atom. The number of anilines is 1. The summed E-state index contributed by atoms with van der Waals surface area (Å²) in [5.74, 6) is -0.0866. The van der Waals surface area contributed by atoms with Crippen LogP contribution < -0.4 is 10.5 Å². The van der Waals surface area contributed by atoms with E-state index in [0.717, 1.165) is 12.3 Å². The smallest absolute Gasteiger partial charge is 0.354 e. The van der Waals surface area contributed by atoms with E-state index in [-0.39, 0.29) is 11.6 Å². The monoisotopic (exact) mass is 222 g/mol. The van der Waals surface area contributed by atoms with Crippen molar-refractivity contribution in [3.05, 3.63) is 17.8 Å². The zero-order chi connectivity index (χ0) is 11.5. The van der Waals surface area contributed by atoms with Crippen molar-refractivity contribution in [2.24, 2.45) is 5.92 Å². The van der Waals surface area contributed by atoms with Crippen molar-refractivity contribution in [3.63, 3.8) is 0 Å². The zero-order valence-electron chi connectivity index (χ0n) is 8.85. The zero-order valence-corrected chi connectivity index (χ0v) is 8.85. The molecule has 16 heavy (non-hydrogen) atoms. The molecule has 0 atom stereocenters. The van der Waals surface area contributed by atoms with Crippen LogP contribution in [0.15, 0.2) is 12.1 Å². The van der Waals surface area contributed by atoms with Gasteiger partial charge in [-0.05, 0) is 24.5 Å². The van der Waals surface area contributed by atoms with E-state index in [4.69, 9.17) is 15.6 Å². The number of carboxylic acid groups (broad SMARTS) is 1. The lowest BCUT2D eigenvalue weighted by Gasteiger charge is -2.07. The Labute approximate surface area is 93.2 Å². The van der Waals surface area contributed by atoms with Gasteiger partial charge < -0.3 is 15.6 Å². The van der Waals surface area contributed by atoms with Crippen molar-refractivity contribution in [1.29, 1.82) is 0 Å². The third kappa shape index (κ3) is 2.62. The van der Waals surface area contributed by atoms with Gasteiger partial charge in [-0.1, -0.05) is 12.8 Å². The summed E-state index contributed by atoms with van der Waals surface area (Å²) in [4.78, 5) is 14.5. The van der Waals surface area contributed by atoms with Crippen LogP contribution in [0.4, 0.5) is 5.69 Å². The van der Waals surface area contributed by atoms with Crippen molar-refractivity contribution in [2.45, 2.75) is 19.3 Å². The molecule has 1 heterocycles. The van der Waals surface area contributed by atoms with Crippen molar-refractivity contribution in [1.82, 2.24) is 4.98 Å². The molecule has 0 spiro atoms. The molecule has 1 fully saturated rings. The molecule has 0 bridgehead atoms.